The van der Waals surface area contributed by atoms with E-state index in [2.05, 4.69) is 20.3 Å². The predicted molar refractivity (Wildman–Crippen MR) is 135 cm³/mol. The number of sulfone groups is 1. The number of fused-ring (bicyclic) bond motifs is 1. The zero-order valence-electron chi connectivity index (χ0n) is 19.4. The van der Waals surface area contributed by atoms with Crippen molar-refractivity contribution in [3.05, 3.63) is 96.7 Å². The van der Waals surface area contributed by atoms with Gasteiger partial charge in [0.25, 0.3) is 0 Å². The van der Waals surface area contributed by atoms with Crippen molar-refractivity contribution >= 4 is 26.9 Å². The number of hydrogen-bond donors (Lipinski definition) is 2. The number of carbonyl (C=O) groups is 1. The van der Waals surface area contributed by atoms with Crippen LogP contribution in [0, 0.1) is 0 Å². The Hall–Kier alpha value is -4.44. The van der Waals surface area contributed by atoms with E-state index in [9.17, 15) is 13.2 Å². The van der Waals surface area contributed by atoms with Crippen LogP contribution in [0.3, 0.4) is 0 Å². The van der Waals surface area contributed by atoms with Gasteiger partial charge in [-0.25, -0.2) is 23.2 Å². The normalized spacial score (nSPS) is 11.5. The summed E-state index contributed by atoms with van der Waals surface area (Å²) in [6.07, 6.45) is 5.97. The molecule has 182 valence electrons. The number of nitrogens with one attached hydrogen (secondary N) is 2. The number of carbonyl (C=O) groups excluding carboxylic acids is 1. The minimum Gasteiger partial charge on any atom is -0.489 e. The summed E-state index contributed by atoms with van der Waals surface area (Å²) in [4.78, 5) is 24.4. The van der Waals surface area contributed by atoms with Crippen molar-refractivity contribution in [3.63, 3.8) is 0 Å². The molecule has 0 saturated heterocycles. The fraction of sp³-hybridized carbons (Fsp3) is 0.115. The van der Waals surface area contributed by atoms with Crippen LogP contribution in [0.15, 0.2) is 90.5 Å². The Labute approximate surface area is 207 Å². The van der Waals surface area contributed by atoms with E-state index < -0.39 is 9.84 Å². The summed E-state index contributed by atoms with van der Waals surface area (Å²) < 4.78 is 30.4. The molecule has 0 aliphatic heterocycles. The average Bonchev–Trinajstić information content (AvgIpc) is 3.56. The van der Waals surface area contributed by atoms with E-state index in [0.29, 0.717) is 24.6 Å². The Morgan fingerprint density at radius 3 is 2.50 bits per heavy atom. The van der Waals surface area contributed by atoms with Gasteiger partial charge in [0.05, 0.1) is 28.0 Å². The van der Waals surface area contributed by atoms with E-state index in [1.165, 1.54) is 17.2 Å². The van der Waals surface area contributed by atoms with Gasteiger partial charge in [0.2, 0.25) is 0 Å². The molecule has 0 unspecified atom stereocenters. The molecule has 5 aromatic rings. The number of benzene rings is 3. The van der Waals surface area contributed by atoms with Crippen molar-refractivity contribution in [2.75, 3.05) is 6.26 Å². The lowest BCUT2D eigenvalue weighted by Gasteiger charge is -2.08. The van der Waals surface area contributed by atoms with Crippen molar-refractivity contribution in [2.45, 2.75) is 18.0 Å². The van der Waals surface area contributed by atoms with Gasteiger partial charge in [-0.05, 0) is 59.7 Å². The van der Waals surface area contributed by atoms with Crippen LogP contribution >= 0.6 is 0 Å². The summed E-state index contributed by atoms with van der Waals surface area (Å²) in [5.74, 6) is 0.664. The molecule has 2 heterocycles. The van der Waals surface area contributed by atoms with Gasteiger partial charge in [-0.2, -0.15) is 0 Å². The lowest BCUT2D eigenvalue weighted by molar-refractivity contribution is 0.242. The van der Waals surface area contributed by atoms with E-state index in [-0.39, 0.29) is 10.9 Å². The maximum absolute atomic E-state index is 12.6. The van der Waals surface area contributed by atoms with E-state index >= 15 is 0 Å². The van der Waals surface area contributed by atoms with Crippen molar-refractivity contribution in [2.24, 2.45) is 0 Å². The van der Waals surface area contributed by atoms with Crippen LogP contribution in [0.1, 0.15) is 11.1 Å². The lowest BCUT2D eigenvalue weighted by Crippen LogP contribution is -2.27. The number of aromatic nitrogens is 4. The van der Waals surface area contributed by atoms with Crippen LogP contribution in [0.25, 0.3) is 22.3 Å². The third kappa shape index (κ3) is 5.28. The van der Waals surface area contributed by atoms with Gasteiger partial charge in [0.15, 0.2) is 9.84 Å². The fourth-order valence-corrected chi connectivity index (χ4v) is 4.30. The molecule has 0 spiro atoms. The second-order valence-corrected chi connectivity index (χ2v) is 10.3. The number of ether oxygens (including phenoxy) is 1. The zero-order valence-corrected chi connectivity index (χ0v) is 20.2. The van der Waals surface area contributed by atoms with Crippen molar-refractivity contribution < 1.29 is 17.9 Å². The van der Waals surface area contributed by atoms with Gasteiger partial charge in [-0.1, -0.05) is 18.2 Å². The van der Waals surface area contributed by atoms with Crippen molar-refractivity contribution in [1.29, 1.82) is 0 Å². The third-order valence-corrected chi connectivity index (χ3v) is 6.78. The third-order valence-electron chi connectivity index (χ3n) is 5.65. The second-order valence-electron chi connectivity index (χ2n) is 8.31. The van der Waals surface area contributed by atoms with Gasteiger partial charge in [0.1, 0.15) is 18.7 Å². The van der Waals surface area contributed by atoms with E-state index in [0.717, 1.165) is 27.7 Å². The predicted octanol–water partition coefficient (Wildman–Crippen LogP) is 4.17. The Morgan fingerprint density at radius 1 is 1.00 bits per heavy atom. The number of hydrogen-bond acceptors (Lipinski definition) is 6. The Kier molecular flexibility index (Phi) is 6.26. The summed E-state index contributed by atoms with van der Waals surface area (Å²) in [7, 11) is -3.22. The molecule has 36 heavy (non-hydrogen) atoms. The maximum Gasteiger partial charge on any atom is 0.327 e. The van der Waals surface area contributed by atoms with Gasteiger partial charge < -0.3 is 15.0 Å². The number of nitrogens with zero attached hydrogens (tertiary/aromatic N) is 3. The number of H-pyrrole nitrogens is 1. The highest BCUT2D eigenvalue weighted by atomic mass is 32.2. The highest BCUT2D eigenvalue weighted by molar-refractivity contribution is 7.90. The van der Waals surface area contributed by atoms with Gasteiger partial charge in [0, 0.05) is 24.6 Å². The molecule has 10 heteroatoms. The molecule has 9 nitrogen and oxygen atoms in total. The molecule has 0 aliphatic carbocycles. The molecule has 1 amide bonds. The molecule has 0 saturated carbocycles. The molecule has 0 fully saturated rings. The Morgan fingerprint density at radius 2 is 1.75 bits per heavy atom. The topological polar surface area (TPSA) is 119 Å². The number of aromatic amines is 1. The summed E-state index contributed by atoms with van der Waals surface area (Å²) >= 11 is 0. The van der Waals surface area contributed by atoms with Gasteiger partial charge in [-0.15, -0.1) is 0 Å². The quantitative estimate of drug-likeness (QED) is 0.346. The summed E-state index contributed by atoms with van der Waals surface area (Å²) in [5, 5.41) is 2.89. The van der Waals surface area contributed by atoms with Crippen LogP contribution in [-0.2, 0) is 23.0 Å². The standard InChI is InChI=1S/C26H23N5O4S/c1-36(33,34)22-9-2-18(3-10-22)15-35-21-7-5-20(6-8-21)25-14-31(17-30-25)26(32)27-13-19-4-11-23-24(12-19)29-16-28-23/h2-12,14,16-17H,13,15H2,1H3,(H,27,32)(H,28,29). The highest BCUT2D eigenvalue weighted by Gasteiger charge is 2.10. The first-order chi connectivity index (χ1) is 17.3. The molecular weight excluding hydrogens is 478 g/mol. The lowest BCUT2D eigenvalue weighted by atomic mass is 10.1. The molecule has 0 bridgehead atoms. The van der Waals surface area contributed by atoms with Crippen molar-refractivity contribution in [1.82, 2.24) is 24.8 Å². The number of amides is 1. The SMILES string of the molecule is CS(=O)(=O)c1ccc(COc2ccc(-c3cn(C(=O)NCc4ccc5nc[nH]c5c4)cn3)cc2)cc1. The van der Waals surface area contributed by atoms with Crippen LogP contribution in [-0.4, -0.2) is 40.2 Å². The molecule has 5 rings (SSSR count). The van der Waals surface area contributed by atoms with Crippen LogP contribution in [0.5, 0.6) is 5.75 Å². The summed E-state index contributed by atoms with van der Waals surface area (Å²) in [6, 6.07) is 19.5. The molecular formula is C26H23N5O4S. The van der Waals surface area contributed by atoms with E-state index in [1.54, 1.807) is 36.8 Å². The minimum absolute atomic E-state index is 0.277. The maximum atomic E-state index is 12.6. The Balaban J connectivity index is 1.17. The minimum atomic E-state index is -3.22. The number of imidazole rings is 2. The molecule has 0 radical (unpaired) electrons. The Bertz CT molecular complexity index is 1620. The molecule has 0 atom stereocenters. The molecule has 3 aromatic carbocycles. The van der Waals surface area contributed by atoms with E-state index in [1.807, 2.05) is 42.5 Å². The van der Waals surface area contributed by atoms with Crippen LogP contribution in [0.2, 0.25) is 0 Å². The summed E-state index contributed by atoms with van der Waals surface area (Å²) in [6.45, 7) is 0.690. The average molecular weight is 502 g/mol. The monoisotopic (exact) mass is 501 g/mol. The molecule has 2 aromatic heterocycles. The number of rotatable bonds is 7. The smallest absolute Gasteiger partial charge is 0.327 e. The van der Waals surface area contributed by atoms with Crippen molar-refractivity contribution in [3.8, 4) is 17.0 Å². The first-order valence-corrected chi connectivity index (χ1v) is 13.0. The van der Waals surface area contributed by atoms with Gasteiger partial charge in [-0.3, -0.25) is 4.57 Å². The summed E-state index contributed by atoms with van der Waals surface area (Å²) in [5.41, 5.74) is 5.12. The molecule has 2 N–H and O–H groups in total. The fourth-order valence-electron chi connectivity index (χ4n) is 3.67. The second kappa shape index (κ2) is 9.67. The van der Waals surface area contributed by atoms with Crippen LogP contribution in [0.4, 0.5) is 4.79 Å². The largest absolute Gasteiger partial charge is 0.489 e. The highest BCUT2D eigenvalue weighted by Crippen LogP contribution is 2.22. The van der Waals surface area contributed by atoms with Crippen LogP contribution < -0.4 is 10.1 Å². The zero-order chi connectivity index (χ0) is 25.1. The first kappa shape index (κ1) is 23.3. The van der Waals surface area contributed by atoms with E-state index in [4.69, 9.17) is 4.74 Å². The first-order valence-electron chi connectivity index (χ1n) is 11.1. The molecule has 0 aliphatic rings. The van der Waals surface area contributed by atoms with Gasteiger partial charge >= 0.3 is 6.03 Å².